The number of ether oxygens (including phenoxy) is 2. The molecule has 1 aromatic heterocycles. The van der Waals surface area contributed by atoms with Gasteiger partial charge in [-0.05, 0) is 65.1 Å². The summed E-state index contributed by atoms with van der Waals surface area (Å²) in [6.45, 7) is 5.85. The lowest BCUT2D eigenvalue weighted by molar-refractivity contribution is 0.0600. The minimum absolute atomic E-state index is 0.0731. The zero-order valence-electron chi connectivity index (χ0n) is 21.9. The van der Waals surface area contributed by atoms with Gasteiger partial charge in [0.25, 0.3) is 5.91 Å². The Labute approximate surface area is 231 Å². The van der Waals surface area contributed by atoms with Crippen molar-refractivity contribution in [2.75, 3.05) is 62.8 Å². The Morgan fingerprint density at radius 3 is 2.46 bits per heavy atom. The van der Waals surface area contributed by atoms with Crippen LogP contribution >= 0.6 is 11.3 Å². The summed E-state index contributed by atoms with van der Waals surface area (Å²) < 4.78 is 25.5. The number of halogens is 1. The second kappa shape index (κ2) is 11.1. The molecule has 1 saturated carbocycles. The molecule has 7 nitrogen and oxygen atoms in total. The van der Waals surface area contributed by atoms with E-state index in [4.69, 9.17) is 9.47 Å². The number of nitrogens with zero attached hydrogens (tertiary/aromatic N) is 3. The van der Waals surface area contributed by atoms with Crippen molar-refractivity contribution in [3.05, 3.63) is 81.8 Å². The van der Waals surface area contributed by atoms with Crippen LogP contribution in [0.3, 0.4) is 0 Å². The van der Waals surface area contributed by atoms with Gasteiger partial charge in [-0.25, -0.2) is 9.18 Å². The number of methoxy groups -OCH3 is 1. The lowest BCUT2D eigenvalue weighted by Crippen LogP contribution is -2.37. The van der Waals surface area contributed by atoms with Crippen LogP contribution in [-0.2, 0) is 16.0 Å². The number of amides is 1. The van der Waals surface area contributed by atoms with Gasteiger partial charge in [0.1, 0.15) is 5.82 Å². The Kier molecular flexibility index (Phi) is 7.38. The highest BCUT2D eigenvalue weighted by Crippen LogP contribution is 2.52. The van der Waals surface area contributed by atoms with E-state index in [0.717, 1.165) is 25.2 Å². The minimum atomic E-state index is -0.330. The van der Waals surface area contributed by atoms with Crippen molar-refractivity contribution in [1.29, 1.82) is 0 Å². The van der Waals surface area contributed by atoms with Crippen molar-refractivity contribution in [1.82, 2.24) is 4.90 Å². The maximum atomic E-state index is 15.3. The molecule has 2 unspecified atom stereocenters. The van der Waals surface area contributed by atoms with Crippen molar-refractivity contribution in [3.63, 3.8) is 0 Å². The van der Waals surface area contributed by atoms with Gasteiger partial charge in [-0.2, -0.15) is 0 Å². The fourth-order valence-electron chi connectivity index (χ4n) is 6.03. The molecule has 9 heteroatoms. The van der Waals surface area contributed by atoms with Crippen LogP contribution in [0.5, 0.6) is 0 Å². The highest BCUT2D eigenvalue weighted by atomic mass is 32.1. The quantitative estimate of drug-likeness (QED) is 0.385. The molecule has 0 radical (unpaired) electrons. The average Bonchev–Trinajstić information content (AvgIpc) is 3.34. The van der Waals surface area contributed by atoms with E-state index in [0.29, 0.717) is 72.4 Å². The van der Waals surface area contributed by atoms with Crippen LogP contribution in [0.4, 0.5) is 15.8 Å². The number of rotatable bonds is 8. The summed E-state index contributed by atoms with van der Waals surface area (Å²) in [6.07, 6.45) is 0. The monoisotopic (exact) mass is 549 g/mol. The highest BCUT2D eigenvalue weighted by Gasteiger charge is 2.56. The maximum Gasteiger partial charge on any atom is 0.337 e. The number of anilines is 2. The number of carbonyl (C=O) groups is 2. The van der Waals surface area contributed by atoms with Crippen molar-refractivity contribution in [2.45, 2.75) is 6.54 Å². The smallest absolute Gasteiger partial charge is 0.337 e. The van der Waals surface area contributed by atoms with Crippen LogP contribution < -0.4 is 9.80 Å². The zero-order chi connectivity index (χ0) is 26.9. The average molecular weight is 550 g/mol. The lowest BCUT2D eigenvalue weighted by Gasteiger charge is -2.30. The molecule has 2 aliphatic heterocycles. The van der Waals surface area contributed by atoms with Gasteiger partial charge in [0.15, 0.2) is 0 Å². The van der Waals surface area contributed by atoms with Crippen molar-refractivity contribution in [3.8, 4) is 0 Å². The van der Waals surface area contributed by atoms with E-state index in [1.807, 2.05) is 40.6 Å². The predicted octanol–water partition coefficient (Wildman–Crippen LogP) is 4.54. The Morgan fingerprint density at radius 1 is 1.08 bits per heavy atom. The first-order valence-electron chi connectivity index (χ1n) is 13.4. The maximum absolute atomic E-state index is 15.3. The fourth-order valence-corrected chi connectivity index (χ4v) is 6.70. The molecule has 2 saturated heterocycles. The van der Waals surface area contributed by atoms with Gasteiger partial charge in [0.2, 0.25) is 0 Å². The third-order valence-electron chi connectivity index (χ3n) is 8.19. The van der Waals surface area contributed by atoms with Crippen LogP contribution in [0.25, 0.3) is 0 Å². The summed E-state index contributed by atoms with van der Waals surface area (Å²) in [4.78, 5) is 32.1. The fraction of sp³-hybridized carbons (Fsp3) is 0.400. The first kappa shape index (κ1) is 26.0. The van der Waals surface area contributed by atoms with E-state index in [2.05, 4.69) is 4.90 Å². The van der Waals surface area contributed by atoms with Gasteiger partial charge in [0.05, 0.1) is 36.5 Å². The van der Waals surface area contributed by atoms with E-state index in [1.54, 1.807) is 23.1 Å². The van der Waals surface area contributed by atoms with Crippen LogP contribution in [0.2, 0.25) is 0 Å². The Morgan fingerprint density at radius 2 is 1.82 bits per heavy atom. The van der Waals surface area contributed by atoms with Crippen molar-refractivity contribution < 1.29 is 23.5 Å². The first-order chi connectivity index (χ1) is 19.0. The second-order valence-electron chi connectivity index (χ2n) is 10.5. The standard InChI is InChI=1S/C30H32FN3O4S/c1-37-30(36)21-6-4-20(5-7-21)16-32-17-23-24(18-32)25(23)19-34(29(35)28-3-2-14-39-28)22-8-9-27(26(31)15-22)33-10-12-38-13-11-33/h2-9,14-15,23-25H,10-13,16-19H2,1H3. The molecule has 1 amide bonds. The van der Waals surface area contributed by atoms with Gasteiger partial charge < -0.3 is 19.3 Å². The Hall–Kier alpha value is -3.27. The van der Waals surface area contributed by atoms with Gasteiger partial charge in [0, 0.05) is 45.0 Å². The zero-order valence-corrected chi connectivity index (χ0v) is 22.7. The molecule has 3 fully saturated rings. The number of hydrogen-bond acceptors (Lipinski definition) is 7. The largest absolute Gasteiger partial charge is 0.465 e. The van der Waals surface area contributed by atoms with E-state index >= 15 is 4.39 Å². The molecule has 3 aromatic rings. The number of hydrogen-bond donors (Lipinski definition) is 0. The molecule has 1 aliphatic carbocycles. The Bertz CT molecular complexity index is 1310. The van der Waals surface area contributed by atoms with E-state index in [1.165, 1.54) is 24.5 Å². The van der Waals surface area contributed by atoms with Crippen molar-refractivity contribution in [2.24, 2.45) is 17.8 Å². The normalized spacial score (nSPS) is 22.4. The molecule has 0 bridgehead atoms. The summed E-state index contributed by atoms with van der Waals surface area (Å²) in [5, 5.41) is 1.90. The molecule has 2 atom stereocenters. The summed E-state index contributed by atoms with van der Waals surface area (Å²) in [7, 11) is 1.38. The number of esters is 1. The van der Waals surface area contributed by atoms with Crippen LogP contribution in [0.1, 0.15) is 25.6 Å². The number of likely N-dealkylation sites (tertiary alicyclic amines) is 1. The number of thiophene rings is 1. The molecular weight excluding hydrogens is 517 g/mol. The minimum Gasteiger partial charge on any atom is -0.465 e. The lowest BCUT2D eigenvalue weighted by atomic mass is 10.1. The molecule has 204 valence electrons. The van der Waals surface area contributed by atoms with E-state index in [9.17, 15) is 9.59 Å². The van der Waals surface area contributed by atoms with Crippen LogP contribution in [0, 0.1) is 23.6 Å². The second-order valence-corrected chi connectivity index (χ2v) is 11.5. The molecule has 3 aliphatic rings. The molecular formula is C30H32FN3O4S. The molecule has 6 rings (SSSR count). The van der Waals surface area contributed by atoms with Gasteiger partial charge in [-0.3, -0.25) is 9.69 Å². The SMILES string of the molecule is COC(=O)c1ccc(CN2CC3C(C2)C3CN(C(=O)c2cccs2)c2ccc(N3CCOCC3)c(F)c2)cc1. The van der Waals surface area contributed by atoms with Crippen LogP contribution in [-0.4, -0.2) is 69.8 Å². The van der Waals surface area contributed by atoms with Gasteiger partial charge in [-0.15, -0.1) is 11.3 Å². The summed E-state index contributed by atoms with van der Waals surface area (Å²) in [6, 6.07) is 16.5. The third-order valence-corrected chi connectivity index (χ3v) is 9.05. The molecule has 0 N–H and O–H groups in total. The highest BCUT2D eigenvalue weighted by molar-refractivity contribution is 7.12. The van der Waals surface area contributed by atoms with Crippen molar-refractivity contribution >= 4 is 34.6 Å². The number of piperidine rings is 1. The van der Waals surface area contributed by atoms with Crippen LogP contribution in [0.15, 0.2) is 60.0 Å². The summed E-state index contributed by atoms with van der Waals surface area (Å²) in [5.41, 5.74) is 2.88. The molecule has 3 heterocycles. The van der Waals surface area contributed by atoms with Gasteiger partial charge in [-0.1, -0.05) is 18.2 Å². The number of morpholine rings is 1. The number of benzene rings is 2. The van der Waals surface area contributed by atoms with Gasteiger partial charge >= 0.3 is 5.97 Å². The third kappa shape index (κ3) is 5.44. The molecule has 0 spiro atoms. The number of carbonyl (C=O) groups excluding carboxylic acids is 2. The topological polar surface area (TPSA) is 62.3 Å². The predicted molar refractivity (Wildman–Crippen MR) is 149 cm³/mol. The summed E-state index contributed by atoms with van der Waals surface area (Å²) >= 11 is 1.41. The molecule has 39 heavy (non-hydrogen) atoms. The van der Waals surface area contributed by atoms with E-state index < -0.39 is 0 Å². The molecule has 2 aromatic carbocycles. The Balaban J connectivity index is 1.12. The summed E-state index contributed by atoms with van der Waals surface area (Å²) in [5.74, 6) is 0.735. The first-order valence-corrected chi connectivity index (χ1v) is 14.3. The van der Waals surface area contributed by atoms with E-state index in [-0.39, 0.29) is 17.7 Å². The number of fused-ring (bicyclic) bond motifs is 1.